The molecule has 0 radical (unpaired) electrons. The molecule has 1 aliphatic rings. The van der Waals surface area contributed by atoms with E-state index in [2.05, 4.69) is 10.2 Å². The number of nitrogens with zero attached hydrogens (tertiary/aromatic N) is 2. The largest absolute Gasteiger partial charge is 0.481 e. The van der Waals surface area contributed by atoms with Gasteiger partial charge in [-0.3, -0.25) is 14.7 Å². The predicted molar refractivity (Wildman–Crippen MR) is 83.1 cm³/mol. The summed E-state index contributed by atoms with van der Waals surface area (Å²) in [6.45, 7) is 2.51. The van der Waals surface area contributed by atoms with E-state index < -0.39 is 11.9 Å². The zero-order valence-electron chi connectivity index (χ0n) is 11.7. The van der Waals surface area contributed by atoms with Gasteiger partial charge in [0.2, 0.25) is 0 Å². The lowest BCUT2D eigenvalue weighted by Gasteiger charge is -2.15. The molecule has 8 heteroatoms. The van der Waals surface area contributed by atoms with Crippen molar-refractivity contribution >= 4 is 34.8 Å². The fourth-order valence-corrected chi connectivity index (χ4v) is 3.76. The van der Waals surface area contributed by atoms with Gasteiger partial charge >= 0.3 is 5.97 Å². The van der Waals surface area contributed by atoms with Crippen molar-refractivity contribution in [3.05, 3.63) is 28.2 Å². The van der Waals surface area contributed by atoms with Crippen molar-refractivity contribution in [2.45, 2.75) is 6.92 Å². The maximum atomic E-state index is 12.7. The molecule has 2 aromatic heterocycles. The van der Waals surface area contributed by atoms with E-state index in [0.29, 0.717) is 22.1 Å². The molecule has 0 saturated carbocycles. The highest BCUT2D eigenvalue weighted by molar-refractivity contribution is 7.19. The van der Waals surface area contributed by atoms with Gasteiger partial charge in [0.15, 0.2) is 0 Å². The van der Waals surface area contributed by atoms with Crippen molar-refractivity contribution < 1.29 is 14.7 Å². The van der Waals surface area contributed by atoms with Crippen LogP contribution < -0.4 is 0 Å². The molecule has 0 aromatic carbocycles. The van der Waals surface area contributed by atoms with Gasteiger partial charge in [-0.25, -0.2) is 0 Å². The summed E-state index contributed by atoms with van der Waals surface area (Å²) in [5, 5.41) is 16.0. The molecule has 0 aliphatic carbocycles. The Balaban J connectivity index is 1.85. The first kappa shape index (κ1) is 15.1. The molecule has 1 fully saturated rings. The number of halogens is 1. The highest BCUT2D eigenvalue weighted by Crippen LogP contribution is 2.33. The second-order valence-electron chi connectivity index (χ2n) is 5.39. The molecule has 1 aliphatic heterocycles. The third-order valence-corrected chi connectivity index (χ3v) is 5.15. The van der Waals surface area contributed by atoms with Crippen LogP contribution >= 0.6 is 22.9 Å². The van der Waals surface area contributed by atoms with E-state index >= 15 is 0 Å². The summed E-state index contributed by atoms with van der Waals surface area (Å²) in [4.78, 5) is 26.3. The summed E-state index contributed by atoms with van der Waals surface area (Å²) in [5.74, 6) is -1.65. The number of hydrogen-bond acceptors (Lipinski definition) is 4. The number of H-pyrrole nitrogens is 1. The lowest BCUT2D eigenvalue weighted by atomic mass is 9.99. The Morgan fingerprint density at radius 2 is 2.23 bits per heavy atom. The summed E-state index contributed by atoms with van der Waals surface area (Å²) in [7, 11) is 0. The molecule has 3 rings (SSSR count). The first-order valence-corrected chi connectivity index (χ1v) is 7.98. The number of amides is 1. The lowest BCUT2D eigenvalue weighted by molar-refractivity contribution is -0.142. The Kier molecular flexibility index (Phi) is 3.92. The number of thiophene rings is 1. The van der Waals surface area contributed by atoms with Gasteiger partial charge in [-0.1, -0.05) is 18.5 Å². The molecule has 6 nitrogen and oxygen atoms in total. The molecule has 0 bridgehead atoms. The number of carboxylic acids is 1. The summed E-state index contributed by atoms with van der Waals surface area (Å²) < 4.78 is 0.628. The van der Waals surface area contributed by atoms with E-state index in [1.807, 2.05) is 13.0 Å². The molecule has 1 saturated heterocycles. The number of hydrogen-bond donors (Lipinski definition) is 2. The summed E-state index contributed by atoms with van der Waals surface area (Å²) >= 11 is 7.29. The van der Waals surface area contributed by atoms with Crippen molar-refractivity contribution in [3.8, 4) is 10.6 Å². The Labute approximate surface area is 135 Å². The summed E-state index contributed by atoms with van der Waals surface area (Å²) in [6.07, 6.45) is 1.48. The molecular weight excluding hydrogens is 326 g/mol. The van der Waals surface area contributed by atoms with Gasteiger partial charge in [0.25, 0.3) is 5.91 Å². The Hall–Kier alpha value is -1.86. The van der Waals surface area contributed by atoms with Crippen LogP contribution in [0, 0.1) is 11.8 Å². The van der Waals surface area contributed by atoms with Gasteiger partial charge in [0, 0.05) is 13.1 Å². The highest BCUT2D eigenvalue weighted by Gasteiger charge is 2.38. The number of aromatic nitrogens is 2. The smallest absolute Gasteiger partial charge is 0.308 e. The number of rotatable bonds is 3. The van der Waals surface area contributed by atoms with Crippen LogP contribution in [0.15, 0.2) is 18.3 Å². The van der Waals surface area contributed by atoms with Crippen molar-refractivity contribution in [2.75, 3.05) is 13.1 Å². The maximum Gasteiger partial charge on any atom is 0.308 e. The molecular formula is C14H14ClN3O3S. The van der Waals surface area contributed by atoms with Crippen molar-refractivity contribution in [3.63, 3.8) is 0 Å². The molecule has 2 aromatic rings. The van der Waals surface area contributed by atoms with Crippen LogP contribution in [-0.4, -0.2) is 45.2 Å². The Bertz CT molecular complexity index is 726. The minimum Gasteiger partial charge on any atom is -0.481 e. The quantitative estimate of drug-likeness (QED) is 0.899. The van der Waals surface area contributed by atoms with E-state index in [9.17, 15) is 14.7 Å². The number of likely N-dealkylation sites (tertiary alicyclic amines) is 1. The summed E-state index contributed by atoms with van der Waals surface area (Å²) in [6, 6.07) is 3.58. The zero-order valence-corrected chi connectivity index (χ0v) is 13.3. The first-order valence-electron chi connectivity index (χ1n) is 6.78. The predicted octanol–water partition coefficient (Wildman–Crippen LogP) is 2.58. The van der Waals surface area contributed by atoms with Gasteiger partial charge in [-0.05, 0) is 18.1 Å². The molecule has 3 heterocycles. The van der Waals surface area contributed by atoms with E-state index in [0.717, 1.165) is 4.88 Å². The van der Waals surface area contributed by atoms with E-state index in [4.69, 9.17) is 11.6 Å². The van der Waals surface area contributed by atoms with Crippen molar-refractivity contribution in [1.29, 1.82) is 0 Å². The molecule has 2 N–H and O–H groups in total. The van der Waals surface area contributed by atoms with Gasteiger partial charge in [0.05, 0.1) is 32.6 Å². The number of nitrogens with one attached hydrogen (secondary N) is 1. The summed E-state index contributed by atoms with van der Waals surface area (Å²) in [5.41, 5.74) is 1.06. The topological polar surface area (TPSA) is 86.3 Å². The van der Waals surface area contributed by atoms with Gasteiger partial charge in [-0.2, -0.15) is 5.10 Å². The third kappa shape index (κ3) is 2.62. The third-order valence-electron chi connectivity index (χ3n) is 3.91. The van der Waals surface area contributed by atoms with Crippen LogP contribution in [0.3, 0.4) is 0 Å². The van der Waals surface area contributed by atoms with Crippen molar-refractivity contribution in [2.24, 2.45) is 11.8 Å². The second kappa shape index (κ2) is 5.73. The average Bonchev–Trinajstić information content (AvgIpc) is 3.16. The van der Waals surface area contributed by atoms with Crippen LogP contribution in [0.5, 0.6) is 0 Å². The van der Waals surface area contributed by atoms with E-state index in [1.54, 1.807) is 11.0 Å². The van der Waals surface area contributed by atoms with Crippen LogP contribution in [0.1, 0.15) is 17.3 Å². The first-order chi connectivity index (χ1) is 10.5. The van der Waals surface area contributed by atoms with Crippen LogP contribution in [-0.2, 0) is 4.79 Å². The van der Waals surface area contributed by atoms with Crippen LogP contribution in [0.4, 0.5) is 0 Å². The zero-order chi connectivity index (χ0) is 15.9. The Morgan fingerprint density at radius 1 is 1.45 bits per heavy atom. The SMILES string of the molecule is C[C@@H]1CN(C(=O)c2cn[nH]c2-c2ccc(Cl)s2)C[C@H]1C(=O)O. The minimum atomic E-state index is -0.861. The normalized spacial score (nSPS) is 21.3. The van der Waals surface area contributed by atoms with Gasteiger partial charge in [0.1, 0.15) is 0 Å². The number of carbonyl (C=O) groups excluding carboxylic acids is 1. The number of aliphatic carboxylic acids is 1. The number of carbonyl (C=O) groups is 2. The van der Waals surface area contributed by atoms with E-state index in [1.165, 1.54) is 17.5 Å². The molecule has 1 amide bonds. The minimum absolute atomic E-state index is 0.0621. The maximum absolute atomic E-state index is 12.7. The molecule has 116 valence electrons. The lowest BCUT2D eigenvalue weighted by Crippen LogP contribution is -2.30. The van der Waals surface area contributed by atoms with Crippen molar-refractivity contribution in [1.82, 2.24) is 15.1 Å². The average molecular weight is 340 g/mol. The molecule has 0 unspecified atom stereocenters. The fraction of sp³-hybridized carbons (Fsp3) is 0.357. The second-order valence-corrected chi connectivity index (χ2v) is 7.11. The number of carboxylic acid groups (broad SMARTS) is 1. The van der Waals surface area contributed by atoms with Crippen LogP contribution in [0.2, 0.25) is 4.34 Å². The molecule has 22 heavy (non-hydrogen) atoms. The fourth-order valence-electron chi connectivity index (χ4n) is 2.71. The standard InChI is InChI=1S/C14H14ClN3O3S/c1-7-5-18(6-9(7)14(20)21)13(19)8-4-16-17-12(8)10-2-3-11(15)22-10/h2-4,7,9H,5-6H2,1H3,(H,16,17)(H,20,21)/t7-,9-/m1/s1. The highest BCUT2D eigenvalue weighted by atomic mass is 35.5. The molecule has 0 spiro atoms. The van der Waals surface area contributed by atoms with Crippen LogP contribution in [0.25, 0.3) is 10.6 Å². The van der Waals surface area contributed by atoms with Gasteiger partial charge in [-0.15, -0.1) is 11.3 Å². The van der Waals surface area contributed by atoms with E-state index in [-0.39, 0.29) is 18.4 Å². The molecule has 2 atom stereocenters. The number of aromatic amines is 1. The Morgan fingerprint density at radius 3 is 2.82 bits per heavy atom. The monoisotopic (exact) mass is 339 g/mol. The van der Waals surface area contributed by atoms with Gasteiger partial charge < -0.3 is 10.0 Å².